The first-order chi connectivity index (χ1) is 10.8. The van der Waals surface area contributed by atoms with E-state index >= 15 is 0 Å². The van der Waals surface area contributed by atoms with Crippen molar-refractivity contribution in [1.82, 2.24) is 10.6 Å². The zero-order valence-electron chi connectivity index (χ0n) is 13.0. The van der Waals surface area contributed by atoms with Gasteiger partial charge in [-0.15, -0.1) is 0 Å². The summed E-state index contributed by atoms with van der Waals surface area (Å²) < 4.78 is 37.7. The molecule has 1 amide bonds. The van der Waals surface area contributed by atoms with E-state index in [1.54, 1.807) is 6.92 Å². The van der Waals surface area contributed by atoms with Crippen LogP contribution in [0, 0.1) is 5.41 Å². The largest absolute Gasteiger partial charge is 0.416 e. The highest BCUT2D eigenvalue weighted by atomic mass is 19.4. The van der Waals surface area contributed by atoms with E-state index in [4.69, 9.17) is 0 Å². The van der Waals surface area contributed by atoms with Gasteiger partial charge in [-0.3, -0.25) is 4.79 Å². The molecule has 0 aromatic heterocycles. The number of nitrogens with one attached hydrogen (secondary N) is 2. The van der Waals surface area contributed by atoms with Crippen LogP contribution in [0.5, 0.6) is 0 Å². The third-order valence-corrected chi connectivity index (χ3v) is 5.05. The van der Waals surface area contributed by atoms with Gasteiger partial charge in [0, 0.05) is 0 Å². The number of hydrogen-bond donors (Lipinski definition) is 2. The molecule has 1 aliphatic carbocycles. The number of halogens is 3. The summed E-state index contributed by atoms with van der Waals surface area (Å²) in [5.74, 6) is -0.0663. The Morgan fingerprint density at radius 1 is 1.26 bits per heavy atom. The lowest BCUT2D eigenvalue weighted by Crippen LogP contribution is -2.49. The molecular formula is C17H21F3N2O. The minimum Gasteiger partial charge on any atom is -0.348 e. The summed E-state index contributed by atoms with van der Waals surface area (Å²) in [6.45, 7) is 2.64. The summed E-state index contributed by atoms with van der Waals surface area (Å²) in [5, 5.41) is 6.15. The van der Waals surface area contributed by atoms with Gasteiger partial charge in [0.1, 0.15) is 0 Å². The van der Waals surface area contributed by atoms with Gasteiger partial charge in [-0.25, -0.2) is 0 Å². The fourth-order valence-electron chi connectivity index (χ4n) is 3.29. The van der Waals surface area contributed by atoms with Crippen LogP contribution in [0.4, 0.5) is 13.2 Å². The fraction of sp³-hybridized carbons (Fsp3) is 0.588. The number of carbonyl (C=O) groups is 1. The maximum Gasteiger partial charge on any atom is 0.416 e. The summed E-state index contributed by atoms with van der Waals surface area (Å²) in [7, 11) is 0. The lowest BCUT2D eigenvalue weighted by Gasteiger charge is -2.30. The highest BCUT2D eigenvalue weighted by Gasteiger charge is 2.47. The molecule has 6 heteroatoms. The number of carbonyl (C=O) groups excluding carboxylic acids is 1. The summed E-state index contributed by atoms with van der Waals surface area (Å²) in [5.41, 5.74) is 0.359. The molecule has 1 aromatic carbocycles. The standard InChI is InChI=1S/C17H21F3N2O/c1-11(12-2-4-13(5-3-12)17(18,19)20)22-15(23)14-10-16(6-7-16)8-9-21-14/h2-5,11,14,21H,6-10H2,1H3,(H,22,23)/t11-,14+/m0/s1. The average Bonchev–Trinajstić information content (AvgIpc) is 3.25. The van der Waals surface area contributed by atoms with Gasteiger partial charge < -0.3 is 10.6 Å². The maximum absolute atomic E-state index is 12.6. The average molecular weight is 326 g/mol. The van der Waals surface area contributed by atoms with E-state index in [0.29, 0.717) is 11.0 Å². The Morgan fingerprint density at radius 2 is 1.91 bits per heavy atom. The van der Waals surface area contributed by atoms with Gasteiger partial charge in [-0.2, -0.15) is 13.2 Å². The number of hydrogen-bond acceptors (Lipinski definition) is 2. The van der Waals surface area contributed by atoms with Crippen molar-refractivity contribution in [3.05, 3.63) is 35.4 Å². The molecule has 3 nitrogen and oxygen atoms in total. The summed E-state index contributed by atoms with van der Waals surface area (Å²) in [4.78, 5) is 12.4. The molecule has 1 spiro atoms. The van der Waals surface area contributed by atoms with Crippen molar-refractivity contribution in [3.8, 4) is 0 Å². The number of benzene rings is 1. The molecule has 0 unspecified atom stereocenters. The molecular weight excluding hydrogens is 305 g/mol. The van der Waals surface area contributed by atoms with Gasteiger partial charge in [-0.1, -0.05) is 12.1 Å². The summed E-state index contributed by atoms with van der Waals surface area (Å²) in [6.07, 6.45) is 0.0548. The molecule has 0 radical (unpaired) electrons. The Morgan fingerprint density at radius 3 is 2.48 bits per heavy atom. The second-order valence-electron chi connectivity index (χ2n) is 6.81. The van der Waals surface area contributed by atoms with Crippen LogP contribution in [0.3, 0.4) is 0 Å². The zero-order valence-corrected chi connectivity index (χ0v) is 13.0. The Kier molecular flexibility index (Phi) is 4.12. The van der Waals surface area contributed by atoms with Crippen molar-refractivity contribution in [2.24, 2.45) is 5.41 Å². The second-order valence-corrected chi connectivity index (χ2v) is 6.81. The van der Waals surface area contributed by atoms with Crippen molar-refractivity contribution >= 4 is 5.91 Å². The van der Waals surface area contributed by atoms with Crippen LogP contribution >= 0.6 is 0 Å². The fourth-order valence-corrected chi connectivity index (χ4v) is 3.29. The van der Waals surface area contributed by atoms with Crippen molar-refractivity contribution in [1.29, 1.82) is 0 Å². The SMILES string of the molecule is C[C@H](NC(=O)[C@H]1CC2(CCN1)CC2)c1ccc(C(F)(F)F)cc1. The quantitative estimate of drug-likeness (QED) is 0.894. The summed E-state index contributed by atoms with van der Waals surface area (Å²) in [6, 6.07) is 4.44. The van der Waals surface area contributed by atoms with E-state index in [1.807, 2.05) is 0 Å². The van der Waals surface area contributed by atoms with Gasteiger partial charge in [0.2, 0.25) is 5.91 Å². The Balaban J connectivity index is 1.60. The van der Waals surface area contributed by atoms with Crippen molar-refractivity contribution in [3.63, 3.8) is 0 Å². The molecule has 126 valence electrons. The van der Waals surface area contributed by atoms with Crippen LogP contribution < -0.4 is 10.6 Å². The van der Waals surface area contributed by atoms with Crippen molar-refractivity contribution in [2.75, 3.05) is 6.54 Å². The topological polar surface area (TPSA) is 41.1 Å². The van der Waals surface area contributed by atoms with E-state index in [0.717, 1.165) is 31.5 Å². The third kappa shape index (κ3) is 3.68. The van der Waals surface area contributed by atoms with Crippen molar-refractivity contribution in [2.45, 2.75) is 50.9 Å². The molecule has 2 atom stereocenters. The first-order valence-corrected chi connectivity index (χ1v) is 8.00. The molecule has 2 aliphatic rings. The second kappa shape index (κ2) is 5.82. The Bertz CT molecular complexity index is 578. The van der Waals surface area contributed by atoms with Gasteiger partial charge in [0.05, 0.1) is 17.6 Å². The zero-order chi connectivity index (χ0) is 16.7. The predicted octanol–water partition coefficient (Wildman–Crippen LogP) is 3.41. The first kappa shape index (κ1) is 16.3. The van der Waals surface area contributed by atoms with Crippen LogP contribution in [-0.4, -0.2) is 18.5 Å². The molecule has 1 saturated heterocycles. The number of rotatable bonds is 3. The van der Waals surface area contributed by atoms with E-state index in [1.165, 1.54) is 25.0 Å². The lowest BCUT2D eigenvalue weighted by atomic mass is 9.89. The molecule has 3 rings (SSSR count). The third-order valence-electron chi connectivity index (χ3n) is 5.05. The van der Waals surface area contributed by atoms with Gasteiger partial charge >= 0.3 is 6.18 Å². The van der Waals surface area contributed by atoms with Crippen LogP contribution in [0.1, 0.15) is 49.8 Å². The van der Waals surface area contributed by atoms with Crippen molar-refractivity contribution < 1.29 is 18.0 Å². The first-order valence-electron chi connectivity index (χ1n) is 8.00. The smallest absolute Gasteiger partial charge is 0.348 e. The maximum atomic E-state index is 12.6. The normalized spacial score (nSPS) is 24.3. The van der Waals surface area contributed by atoms with Gasteiger partial charge in [0.25, 0.3) is 0 Å². The van der Waals surface area contributed by atoms with Crippen LogP contribution in [0.25, 0.3) is 0 Å². The molecule has 1 aliphatic heterocycles. The minimum atomic E-state index is -4.34. The predicted molar refractivity (Wildman–Crippen MR) is 80.7 cm³/mol. The van der Waals surface area contributed by atoms with E-state index in [2.05, 4.69) is 10.6 Å². The molecule has 0 bridgehead atoms. The molecule has 2 N–H and O–H groups in total. The molecule has 1 heterocycles. The Hall–Kier alpha value is -1.56. The van der Waals surface area contributed by atoms with E-state index in [-0.39, 0.29) is 18.0 Å². The molecule has 1 saturated carbocycles. The van der Waals surface area contributed by atoms with Crippen LogP contribution in [-0.2, 0) is 11.0 Å². The van der Waals surface area contributed by atoms with Gasteiger partial charge in [-0.05, 0) is 62.3 Å². The minimum absolute atomic E-state index is 0.0663. The van der Waals surface area contributed by atoms with Gasteiger partial charge in [0.15, 0.2) is 0 Å². The Labute approximate surface area is 133 Å². The number of alkyl halides is 3. The van der Waals surface area contributed by atoms with Crippen LogP contribution in [0.15, 0.2) is 24.3 Å². The highest BCUT2D eigenvalue weighted by Crippen LogP contribution is 2.53. The van der Waals surface area contributed by atoms with E-state index in [9.17, 15) is 18.0 Å². The monoisotopic (exact) mass is 326 g/mol. The molecule has 1 aromatic rings. The lowest BCUT2D eigenvalue weighted by molar-refractivity contribution is -0.137. The highest BCUT2D eigenvalue weighted by molar-refractivity contribution is 5.82. The van der Waals surface area contributed by atoms with E-state index < -0.39 is 11.7 Å². The number of amides is 1. The summed E-state index contributed by atoms with van der Waals surface area (Å²) >= 11 is 0. The molecule has 23 heavy (non-hydrogen) atoms. The van der Waals surface area contributed by atoms with Crippen LogP contribution in [0.2, 0.25) is 0 Å². The molecule has 2 fully saturated rings. The number of piperidine rings is 1.